The highest BCUT2D eigenvalue weighted by atomic mass is 32.1. The zero-order valence-electron chi connectivity index (χ0n) is 11.1. The summed E-state index contributed by atoms with van der Waals surface area (Å²) in [7, 11) is 6.36. The zero-order valence-corrected chi connectivity index (χ0v) is 11.9. The van der Waals surface area contributed by atoms with Gasteiger partial charge in [0.05, 0.1) is 0 Å². The number of nitrogens with zero attached hydrogens (tertiary/aromatic N) is 1. The first kappa shape index (κ1) is 13.7. The highest BCUT2D eigenvalue weighted by Crippen LogP contribution is 2.21. The molecule has 0 spiro atoms. The molecular weight excluding hydrogens is 216 g/mol. The van der Waals surface area contributed by atoms with Crippen molar-refractivity contribution in [3.8, 4) is 0 Å². The third kappa shape index (κ3) is 3.30. The molecule has 2 nitrogen and oxygen atoms in total. The standard InChI is InChI=1S/C13H24N2S/c1-13(2,15(4)5)12(14-3)9-8-11-7-6-10-16-11/h6-7,10,12,14H,8-9H2,1-5H3. The van der Waals surface area contributed by atoms with E-state index in [-0.39, 0.29) is 5.54 Å². The van der Waals surface area contributed by atoms with E-state index in [4.69, 9.17) is 0 Å². The number of aryl methyl sites for hydroxylation is 1. The fourth-order valence-corrected chi connectivity index (χ4v) is 2.63. The van der Waals surface area contributed by atoms with Gasteiger partial charge >= 0.3 is 0 Å². The molecule has 1 unspecified atom stereocenters. The van der Waals surface area contributed by atoms with Gasteiger partial charge < -0.3 is 10.2 Å². The molecular formula is C13H24N2S. The fourth-order valence-electron chi connectivity index (χ4n) is 1.90. The molecule has 1 atom stereocenters. The summed E-state index contributed by atoms with van der Waals surface area (Å²) < 4.78 is 0. The van der Waals surface area contributed by atoms with Crippen LogP contribution in [0.15, 0.2) is 17.5 Å². The number of nitrogens with one attached hydrogen (secondary N) is 1. The lowest BCUT2D eigenvalue weighted by Gasteiger charge is -2.40. The van der Waals surface area contributed by atoms with E-state index in [1.807, 2.05) is 11.3 Å². The SMILES string of the molecule is CNC(CCc1cccs1)C(C)(C)N(C)C. The van der Waals surface area contributed by atoms with Crippen LogP contribution >= 0.6 is 11.3 Å². The summed E-state index contributed by atoms with van der Waals surface area (Å²) in [6.45, 7) is 4.59. The number of likely N-dealkylation sites (N-methyl/N-ethyl adjacent to an activating group) is 2. The Labute approximate surface area is 104 Å². The molecule has 3 heteroatoms. The van der Waals surface area contributed by atoms with Gasteiger partial charge in [-0.05, 0) is 59.3 Å². The molecule has 0 aliphatic carbocycles. The summed E-state index contributed by atoms with van der Waals surface area (Å²) in [5, 5.41) is 5.60. The average Bonchev–Trinajstić information content (AvgIpc) is 2.71. The molecule has 0 aromatic carbocycles. The first-order valence-electron chi connectivity index (χ1n) is 5.85. The Morgan fingerprint density at radius 3 is 2.56 bits per heavy atom. The van der Waals surface area contributed by atoms with Gasteiger partial charge in [0.15, 0.2) is 0 Å². The van der Waals surface area contributed by atoms with Crippen molar-refractivity contribution in [2.75, 3.05) is 21.1 Å². The van der Waals surface area contributed by atoms with Crippen molar-refractivity contribution in [1.82, 2.24) is 10.2 Å². The van der Waals surface area contributed by atoms with Crippen LogP contribution in [0.1, 0.15) is 25.1 Å². The van der Waals surface area contributed by atoms with Crippen molar-refractivity contribution in [2.45, 2.75) is 38.3 Å². The van der Waals surface area contributed by atoms with Gasteiger partial charge in [-0.1, -0.05) is 6.07 Å². The molecule has 0 bridgehead atoms. The molecule has 1 N–H and O–H groups in total. The molecule has 0 radical (unpaired) electrons. The smallest absolute Gasteiger partial charge is 0.0300 e. The van der Waals surface area contributed by atoms with Crippen LogP contribution in [0.25, 0.3) is 0 Å². The third-order valence-corrected chi connectivity index (χ3v) is 4.55. The minimum Gasteiger partial charge on any atom is -0.315 e. The van der Waals surface area contributed by atoms with Crippen molar-refractivity contribution in [2.24, 2.45) is 0 Å². The normalized spacial score (nSPS) is 14.4. The van der Waals surface area contributed by atoms with Gasteiger partial charge in [0.2, 0.25) is 0 Å². The van der Waals surface area contributed by atoms with Crippen LogP contribution in [0.3, 0.4) is 0 Å². The molecule has 0 aliphatic rings. The van der Waals surface area contributed by atoms with E-state index in [0.717, 1.165) is 0 Å². The maximum atomic E-state index is 3.45. The number of thiophene rings is 1. The van der Waals surface area contributed by atoms with E-state index < -0.39 is 0 Å². The van der Waals surface area contributed by atoms with E-state index in [2.05, 4.69) is 62.7 Å². The van der Waals surface area contributed by atoms with Gasteiger partial charge in [-0.15, -0.1) is 11.3 Å². The minimum atomic E-state index is 0.187. The molecule has 1 rings (SSSR count). The summed E-state index contributed by atoms with van der Waals surface area (Å²) >= 11 is 1.85. The predicted octanol–water partition coefficient (Wildman–Crippen LogP) is 2.61. The van der Waals surface area contributed by atoms with Crippen LogP contribution in [0, 0.1) is 0 Å². The zero-order chi connectivity index (χ0) is 12.2. The highest BCUT2D eigenvalue weighted by Gasteiger charge is 2.29. The van der Waals surface area contributed by atoms with Crippen LogP contribution in [-0.4, -0.2) is 37.6 Å². The Hall–Kier alpha value is -0.380. The Bertz CT molecular complexity index is 291. The maximum absolute atomic E-state index is 3.45. The largest absolute Gasteiger partial charge is 0.315 e. The second kappa shape index (κ2) is 5.80. The Morgan fingerprint density at radius 1 is 1.44 bits per heavy atom. The first-order valence-corrected chi connectivity index (χ1v) is 6.73. The predicted molar refractivity (Wildman–Crippen MR) is 73.3 cm³/mol. The molecule has 0 fully saturated rings. The van der Waals surface area contributed by atoms with Gasteiger partial charge in [0.1, 0.15) is 0 Å². The Balaban J connectivity index is 2.55. The molecule has 1 heterocycles. The van der Waals surface area contributed by atoms with Gasteiger partial charge in [-0.2, -0.15) is 0 Å². The van der Waals surface area contributed by atoms with E-state index in [0.29, 0.717) is 6.04 Å². The minimum absolute atomic E-state index is 0.187. The van der Waals surface area contributed by atoms with E-state index in [1.165, 1.54) is 17.7 Å². The van der Waals surface area contributed by atoms with Gasteiger partial charge in [-0.3, -0.25) is 0 Å². The Morgan fingerprint density at radius 2 is 2.12 bits per heavy atom. The lowest BCUT2D eigenvalue weighted by Crippen LogP contribution is -2.54. The van der Waals surface area contributed by atoms with Gasteiger partial charge in [0, 0.05) is 16.5 Å². The van der Waals surface area contributed by atoms with E-state index in [9.17, 15) is 0 Å². The molecule has 0 saturated heterocycles. The summed E-state index contributed by atoms with van der Waals surface area (Å²) in [5.74, 6) is 0. The van der Waals surface area contributed by atoms with Crippen molar-refractivity contribution in [3.63, 3.8) is 0 Å². The number of hydrogen-bond donors (Lipinski definition) is 1. The van der Waals surface area contributed by atoms with Crippen molar-refractivity contribution < 1.29 is 0 Å². The summed E-state index contributed by atoms with van der Waals surface area (Å²) in [5.41, 5.74) is 0.187. The number of hydrogen-bond acceptors (Lipinski definition) is 3. The average molecular weight is 240 g/mol. The number of rotatable bonds is 6. The van der Waals surface area contributed by atoms with Gasteiger partial charge in [-0.25, -0.2) is 0 Å². The fraction of sp³-hybridized carbons (Fsp3) is 0.692. The van der Waals surface area contributed by atoms with E-state index in [1.54, 1.807) is 0 Å². The first-order chi connectivity index (χ1) is 7.48. The Kier molecular flexibility index (Phi) is 4.96. The summed E-state index contributed by atoms with van der Waals surface area (Å²) in [6, 6.07) is 4.87. The lowest BCUT2D eigenvalue weighted by molar-refractivity contribution is 0.137. The van der Waals surface area contributed by atoms with Crippen LogP contribution in [0.2, 0.25) is 0 Å². The molecule has 0 saturated carbocycles. The van der Waals surface area contributed by atoms with Crippen LogP contribution < -0.4 is 5.32 Å². The quantitative estimate of drug-likeness (QED) is 0.822. The summed E-state index contributed by atoms with van der Waals surface area (Å²) in [6.07, 6.45) is 2.35. The highest BCUT2D eigenvalue weighted by molar-refractivity contribution is 7.09. The van der Waals surface area contributed by atoms with Crippen molar-refractivity contribution >= 4 is 11.3 Å². The molecule has 92 valence electrons. The maximum Gasteiger partial charge on any atom is 0.0300 e. The van der Waals surface area contributed by atoms with Gasteiger partial charge in [0.25, 0.3) is 0 Å². The third-order valence-electron chi connectivity index (χ3n) is 3.61. The summed E-state index contributed by atoms with van der Waals surface area (Å²) in [4.78, 5) is 3.78. The lowest BCUT2D eigenvalue weighted by atomic mass is 9.89. The molecule has 0 aliphatic heterocycles. The van der Waals surface area contributed by atoms with Crippen LogP contribution in [0.5, 0.6) is 0 Å². The molecule has 16 heavy (non-hydrogen) atoms. The van der Waals surface area contributed by atoms with E-state index >= 15 is 0 Å². The monoisotopic (exact) mass is 240 g/mol. The van der Waals surface area contributed by atoms with Crippen LogP contribution in [-0.2, 0) is 6.42 Å². The molecule has 0 amide bonds. The second-order valence-electron chi connectivity index (χ2n) is 5.01. The molecule has 1 aromatic heterocycles. The molecule has 1 aromatic rings. The van der Waals surface area contributed by atoms with Crippen molar-refractivity contribution in [3.05, 3.63) is 22.4 Å². The van der Waals surface area contributed by atoms with Crippen LogP contribution in [0.4, 0.5) is 0 Å². The van der Waals surface area contributed by atoms with Crippen molar-refractivity contribution in [1.29, 1.82) is 0 Å². The second-order valence-corrected chi connectivity index (χ2v) is 6.04. The topological polar surface area (TPSA) is 15.3 Å².